The van der Waals surface area contributed by atoms with Crippen molar-refractivity contribution in [1.29, 1.82) is 0 Å². The first-order valence-electron chi connectivity index (χ1n) is 10.5. The fourth-order valence-corrected chi connectivity index (χ4v) is 5.80. The van der Waals surface area contributed by atoms with Gasteiger partial charge in [0.1, 0.15) is 5.58 Å². The van der Waals surface area contributed by atoms with Crippen LogP contribution in [-0.2, 0) is 16.4 Å². The van der Waals surface area contributed by atoms with Crippen molar-refractivity contribution in [3.8, 4) is 11.5 Å². The third kappa shape index (κ3) is 4.73. The van der Waals surface area contributed by atoms with Gasteiger partial charge in [-0.05, 0) is 48.7 Å². The molecule has 1 aliphatic rings. The van der Waals surface area contributed by atoms with Gasteiger partial charge >= 0.3 is 0 Å². The molecule has 1 fully saturated rings. The maximum Gasteiger partial charge on any atom is 0.290 e. The molecule has 0 spiro atoms. The molecule has 0 radical (unpaired) electrons. The molecule has 1 atom stereocenters. The Morgan fingerprint density at radius 3 is 2.52 bits per heavy atom. The molecule has 1 aromatic heterocycles. The van der Waals surface area contributed by atoms with Crippen LogP contribution >= 0.6 is 0 Å². The van der Waals surface area contributed by atoms with Crippen molar-refractivity contribution in [2.24, 2.45) is 0 Å². The number of amides is 1. The topological polar surface area (TPSA) is 103 Å². The Kier molecular flexibility index (Phi) is 6.16. The number of hydrogen-bond donors (Lipinski definition) is 0. The van der Waals surface area contributed by atoms with E-state index in [1.54, 1.807) is 36.4 Å². The van der Waals surface area contributed by atoms with Crippen LogP contribution in [0.15, 0.2) is 51.7 Å². The first kappa shape index (κ1) is 22.8. The molecule has 3 aromatic rings. The Balaban J connectivity index is 1.74. The van der Waals surface area contributed by atoms with Crippen LogP contribution in [0, 0.1) is 6.92 Å². The van der Waals surface area contributed by atoms with Crippen LogP contribution in [0.4, 0.5) is 0 Å². The SMILES string of the molecule is COc1ccc(CN(C(=O)c2cc(=O)c3ccc(C)cc3o2)[C@H]2CCS(=O)(=O)C2)cc1OC. The molecule has 0 unspecified atom stereocenters. The maximum atomic E-state index is 13.5. The summed E-state index contributed by atoms with van der Waals surface area (Å²) >= 11 is 0. The van der Waals surface area contributed by atoms with E-state index >= 15 is 0 Å². The average Bonchev–Trinajstić information content (AvgIpc) is 3.15. The average molecular weight is 472 g/mol. The van der Waals surface area contributed by atoms with Crippen molar-refractivity contribution in [2.75, 3.05) is 25.7 Å². The normalized spacial score (nSPS) is 17.1. The number of hydrogen-bond acceptors (Lipinski definition) is 7. The standard InChI is InChI=1S/C24H25NO7S/c1-15-4-6-18-19(26)12-23(32-21(18)10-15)24(27)25(17-8-9-33(28,29)14-17)13-16-5-7-20(30-2)22(11-16)31-3/h4-7,10-12,17H,8-9,13-14H2,1-3H3/t17-/m0/s1. The molecule has 2 heterocycles. The number of ether oxygens (including phenoxy) is 2. The number of aryl methyl sites for hydroxylation is 1. The number of carbonyl (C=O) groups is 1. The van der Waals surface area contributed by atoms with Gasteiger partial charge in [0.25, 0.3) is 5.91 Å². The summed E-state index contributed by atoms with van der Waals surface area (Å²) in [5.41, 5.74) is 1.60. The molecule has 4 rings (SSSR count). The van der Waals surface area contributed by atoms with Crippen LogP contribution in [0.3, 0.4) is 0 Å². The highest BCUT2D eigenvalue weighted by Crippen LogP contribution is 2.30. The Labute approximate surface area is 191 Å². The number of benzene rings is 2. The van der Waals surface area contributed by atoms with E-state index in [9.17, 15) is 18.0 Å². The zero-order valence-electron chi connectivity index (χ0n) is 18.7. The third-order valence-corrected chi connectivity index (χ3v) is 7.56. The van der Waals surface area contributed by atoms with E-state index in [0.29, 0.717) is 28.9 Å². The maximum absolute atomic E-state index is 13.5. The highest BCUT2D eigenvalue weighted by molar-refractivity contribution is 7.91. The molecule has 2 aromatic carbocycles. The van der Waals surface area contributed by atoms with Gasteiger partial charge in [-0.25, -0.2) is 8.42 Å². The molecule has 1 aliphatic heterocycles. The third-order valence-electron chi connectivity index (χ3n) is 5.81. The lowest BCUT2D eigenvalue weighted by Gasteiger charge is -2.28. The number of sulfone groups is 1. The molecule has 9 heteroatoms. The molecule has 0 bridgehead atoms. The molecule has 174 valence electrons. The van der Waals surface area contributed by atoms with E-state index in [0.717, 1.165) is 11.1 Å². The van der Waals surface area contributed by atoms with Gasteiger partial charge in [0.05, 0.1) is 31.1 Å². The van der Waals surface area contributed by atoms with Gasteiger partial charge < -0.3 is 18.8 Å². The Bertz CT molecular complexity index is 1380. The van der Waals surface area contributed by atoms with Gasteiger partial charge in [0.15, 0.2) is 32.5 Å². The van der Waals surface area contributed by atoms with Gasteiger partial charge in [-0.1, -0.05) is 12.1 Å². The second kappa shape index (κ2) is 8.90. The first-order valence-corrected chi connectivity index (χ1v) is 12.3. The second-order valence-electron chi connectivity index (χ2n) is 8.15. The predicted octanol–water partition coefficient (Wildman–Crippen LogP) is 2.95. The number of methoxy groups -OCH3 is 2. The molecule has 1 amide bonds. The highest BCUT2D eigenvalue weighted by Gasteiger charge is 2.36. The van der Waals surface area contributed by atoms with E-state index in [2.05, 4.69) is 0 Å². The quantitative estimate of drug-likeness (QED) is 0.544. The van der Waals surface area contributed by atoms with Crippen molar-refractivity contribution >= 4 is 26.7 Å². The molecular formula is C24H25NO7S. The Morgan fingerprint density at radius 2 is 1.85 bits per heavy atom. The summed E-state index contributed by atoms with van der Waals surface area (Å²) in [4.78, 5) is 27.6. The van der Waals surface area contributed by atoms with Crippen molar-refractivity contribution in [2.45, 2.75) is 25.9 Å². The number of carbonyl (C=O) groups excluding carboxylic acids is 1. The van der Waals surface area contributed by atoms with Gasteiger partial charge in [0.2, 0.25) is 0 Å². The zero-order valence-corrected chi connectivity index (χ0v) is 19.5. The lowest BCUT2D eigenvalue weighted by molar-refractivity contribution is 0.0648. The molecule has 0 saturated carbocycles. The van der Waals surface area contributed by atoms with Crippen molar-refractivity contribution in [1.82, 2.24) is 4.90 Å². The van der Waals surface area contributed by atoms with Crippen LogP contribution < -0.4 is 14.9 Å². The predicted molar refractivity (Wildman–Crippen MR) is 124 cm³/mol. The summed E-state index contributed by atoms with van der Waals surface area (Å²) in [6.45, 7) is 1.98. The highest BCUT2D eigenvalue weighted by atomic mass is 32.2. The van der Waals surface area contributed by atoms with Crippen LogP contribution in [0.1, 0.15) is 28.1 Å². The molecule has 0 aliphatic carbocycles. The molecule has 33 heavy (non-hydrogen) atoms. The Hall–Kier alpha value is -3.33. The van der Waals surface area contributed by atoms with Crippen LogP contribution in [0.2, 0.25) is 0 Å². The number of fused-ring (bicyclic) bond motifs is 1. The smallest absolute Gasteiger partial charge is 0.290 e. The summed E-state index contributed by atoms with van der Waals surface area (Å²) in [7, 11) is -0.210. The van der Waals surface area contributed by atoms with Gasteiger partial charge in [-0.15, -0.1) is 0 Å². The molecule has 0 N–H and O–H groups in total. The summed E-state index contributed by atoms with van der Waals surface area (Å²) in [6.07, 6.45) is 0.318. The van der Waals surface area contributed by atoms with E-state index in [1.165, 1.54) is 25.2 Å². The van der Waals surface area contributed by atoms with E-state index in [1.807, 2.05) is 6.92 Å². The minimum atomic E-state index is -3.25. The lowest BCUT2D eigenvalue weighted by Crippen LogP contribution is -2.40. The van der Waals surface area contributed by atoms with Crippen molar-refractivity contribution < 1.29 is 27.1 Å². The molecule has 1 saturated heterocycles. The zero-order chi connectivity index (χ0) is 23.8. The Morgan fingerprint density at radius 1 is 1.09 bits per heavy atom. The largest absolute Gasteiger partial charge is 0.493 e. The fraction of sp³-hybridized carbons (Fsp3) is 0.333. The summed E-state index contributed by atoms with van der Waals surface area (Å²) in [5, 5.41) is 0.382. The van der Waals surface area contributed by atoms with Gasteiger partial charge in [-0.3, -0.25) is 9.59 Å². The van der Waals surface area contributed by atoms with Crippen LogP contribution in [0.25, 0.3) is 11.0 Å². The second-order valence-corrected chi connectivity index (χ2v) is 10.4. The summed E-state index contributed by atoms with van der Waals surface area (Å²) in [5.74, 6) is 0.250. The first-order chi connectivity index (χ1) is 15.7. The van der Waals surface area contributed by atoms with Crippen LogP contribution in [-0.4, -0.2) is 51.0 Å². The van der Waals surface area contributed by atoms with E-state index in [-0.39, 0.29) is 29.2 Å². The summed E-state index contributed by atoms with van der Waals surface area (Å²) in [6, 6.07) is 11.0. The fourth-order valence-electron chi connectivity index (χ4n) is 4.07. The van der Waals surface area contributed by atoms with Gasteiger partial charge in [0, 0.05) is 18.7 Å². The minimum absolute atomic E-state index is 0.00818. The minimum Gasteiger partial charge on any atom is -0.493 e. The van der Waals surface area contributed by atoms with Crippen molar-refractivity contribution in [3.63, 3.8) is 0 Å². The number of nitrogens with zero attached hydrogens (tertiary/aromatic N) is 1. The van der Waals surface area contributed by atoms with Crippen molar-refractivity contribution in [3.05, 3.63) is 69.6 Å². The van der Waals surface area contributed by atoms with Gasteiger partial charge in [-0.2, -0.15) is 0 Å². The molecule has 8 nitrogen and oxygen atoms in total. The number of rotatable bonds is 6. The van der Waals surface area contributed by atoms with E-state index in [4.69, 9.17) is 13.9 Å². The molecular weight excluding hydrogens is 446 g/mol. The lowest BCUT2D eigenvalue weighted by atomic mass is 10.1. The van der Waals surface area contributed by atoms with Crippen LogP contribution in [0.5, 0.6) is 11.5 Å². The van der Waals surface area contributed by atoms with E-state index < -0.39 is 21.8 Å². The summed E-state index contributed by atoms with van der Waals surface area (Å²) < 4.78 is 40.8. The monoisotopic (exact) mass is 471 g/mol.